The summed E-state index contributed by atoms with van der Waals surface area (Å²) in [7, 11) is 0. The first kappa shape index (κ1) is 18.1. The third-order valence-electron chi connectivity index (χ3n) is 4.60. The molecule has 140 valence electrons. The first-order chi connectivity index (χ1) is 13.5. The van der Waals surface area contributed by atoms with Crippen molar-refractivity contribution < 1.29 is 4.79 Å². The van der Waals surface area contributed by atoms with Gasteiger partial charge in [-0.15, -0.1) is 11.3 Å². The van der Waals surface area contributed by atoms with E-state index >= 15 is 0 Å². The van der Waals surface area contributed by atoms with E-state index < -0.39 is 5.91 Å². The van der Waals surface area contributed by atoms with Crippen molar-refractivity contribution in [3.05, 3.63) is 76.6 Å². The molecule has 28 heavy (non-hydrogen) atoms. The first-order valence-electron chi connectivity index (χ1n) is 8.98. The summed E-state index contributed by atoms with van der Waals surface area (Å²) in [6.07, 6.45) is 0.0850. The molecular weight excluding hydrogens is 370 g/mol. The maximum Gasteiger partial charge on any atom is 0.262 e. The van der Waals surface area contributed by atoms with Gasteiger partial charge < -0.3 is 5.73 Å². The lowest BCUT2D eigenvalue weighted by Gasteiger charge is -2.12. The average Bonchev–Trinajstić information content (AvgIpc) is 3.13. The molecule has 0 aliphatic carbocycles. The van der Waals surface area contributed by atoms with Crippen molar-refractivity contribution in [2.75, 3.05) is 0 Å². The van der Waals surface area contributed by atoms with Crippen LogP contribution in [-0.4, -0.2) is 15.5 Å². The van der Waals surface area contributed by atoms with Gasteiger partial charge in [-0.05, 0) is 18.6 Å². The van der Waals surface area contributed by atoms with Gasteiger partial charge in [-0.2, -0.15) is 0 Å². The van der Waals surface area contributed by atoms with E-state index in [9.17, 15) is 9.59 Å². The van der Waals surface area contributed by atoms with Crippen LogP contribution in [0.5, 0.6) is 0 Å². The molecule has 0 aliphatic rings. The second-order valence-corrected chi connectivity index (χ2v) is 7.70. The van der Waals surface area contributed by atoms with Gasteiger partial charge in [0.05, 0.1) is 5.39 Å². The Morgan fingerprint density at radius 3 is 2.46 bits per heavy atom. The number of benzene rings is 2. The fourth-order valence-electron chi connectivity index (χ4n) is 3.11. The molecule has 6 heteroatoms. The smallest absolute Gasteiger partial charge is 0.262 e. The third-order valence-corrected chi connectivity index (χ3v) is 5.68. The zero-order chi connectivity index (χ0) is 19.7. The Morgan fingerprint density at radius 2 is 1.79 bits per heavy atom. The van der Waals surface area contributed by atoms with E-state index in [0.717, 1.165) is 21.6 Å². The zero-order valence-electron chi connectivity index (χ0n) is 15.4. The summed E-state index contributed by atoms with van der Waals surface area (Å²) < 4.78 is 1.55. The van der Waals surface area contributed by atoms with Crippen LogP contribution >= 0.6 is 11.3 Å². The number of thiophene rings is 1. The molecule has 0 aliphatic heterocycles. The molecule has 0 radical (unpaired) electrons. The van der Waals surface area contributed by atoms with Crippen molar-refractivity contribution in [1.82, 2.24) is 9.55 Å². The molecule has 4 aromatic rings. The van der Waals surface area contributed by atoms with Crippen LogP contribution in [0.2, 0.25) is 0 Å². The summed E-state index contributed by atoms with van der Waals surface area (Å²) in [5, 5.41) is 0.559. The molecule has 1 amide bonds. The van der Waals surface area contributed by atoms with Crippen molar-refractivity contribution in [3.63, 3.8) is 0 Å². The van der Waals surface area contributed by atoms with Crippen LogP contribution in [0.25, 0.3) is 32.0 Å². The minimum absolute atomic E-state index is 0.0850. The lowest BCUT2D eigenvalue weighted by molar-refractivity contribution is -0.118. The van der Waals surface area contributed by atoms with Crippen LogP contribution in [0.4, 0.5) is 0 Å². The molecule has 0 saturated carbocycles. The number of hydrogen-bond donors (Lipinski definition) is 1. The molecule has 2 aromatic carbocycles. The number of amides is 1. The highest BCUT2D eigenvalue weighted by Crippen LogP contribution is 2.32. The summed E-state index contributed by atoms with van der Waals surface area (Å²) in [6.45, 7) is 2.21. The van der Waals surface area contributed by atoms with Crippen molar-refractivity contribution in [3.8, 4) is 21.8 Å². The number of hydrogen-bond acceptors (Lipinski definition) is 4. The normalized spacial score (nSPS) is 11.0. The third kappa shape index (κ3) is 3.46. The number of nitrogens with zero attached hydrogens (tertiary/aromatic N) is 2. The van der Waals surface area contributed by atoms with Gasteiger partial charge in [0.1, 0.15) is 10.7 Å². The van der Waals surface area contributed by atoms with Crippen LogP contribution in [0.15, 0.2) is 65.5 Å². The second kappa shape index (κ2) is 7.40. The van der Waals surface area contributed by atoms with E-state index in [0.29, 0.717) is 16.0 Å². The molecule has 0 bridgehead atoms. The lowest BCUT2D eigenvalue weighted by atomic mass is 10.1. The molecule has 0 atom stereocenters. The van der Waals surface area contributed by atoms with Crippen LogP contribution in [0.3, 0.4) is 0 Å². The van der Waals surface area contributed by atoms with Gasteiger partial charge >= 0.3 is 0 Å². The number of nitrogens with two attached hydrogens (primary N) is 1. The molecule has 0 spiro atoms. The Hall–Kier alpha value is -3.25. The van der Waals surface area contributed by atoms with Gasteiger partial charge in [0, 0.05) is 23.4 Å². The van der Waals surface area contributed by atoms with Crippen molar-refractivity contribution in [1.29, 1.82) is 0 Å². The molecule has 0 fully saturated rings. The van der Waals surface area contributed by atoms with Crippen LogP contribution in [-0.2, 0) is 11.3 Å². The molecule has 0 unspecified atom stereocenters. The molecule has 4 rings (SSSR count). The van der Waals surface area contributed by atoms with Crippen molar-refractivity contribution in [2.45, 2.75) is 19.9 Å². The number of aromatic nitrogens is 2. The Balaban J connectivity index is 1.92. The predicted octanol–water partition coefficient (Wildman–Crippen LogP) is 3.98. The summed E-state index contributed by atoms with van der Waals surface area (Å²) in [5.41, 5.74) is 8.17. The monoisotopic (exact) mass is 389 g/mol. The topological polar surface area (TPSA) is 78.0 Å². The second-order valence-electron chi connectivity index (χ2n) is 6.67. The molecule has 0 saturated heterocycles. The maximum atomic E-state index is 13.2. The van der Waals surface area contributed by atoms with E-state index in [2.05, 4.69) is 0 Å². The van der Waals surface area contributed by atoms with Gasteiger partial charge in [-0.25, -0.2) is 4.98 Å². The standard InChI is InChI=1S/C22H19N3O2S/c1-14-7-9-16(10-8-14)20-24-21-17(22(27)25(20)12-11-19(23)26)13-18(28-21)15-5-3-2-4-6-15/h2-10,13H,11-12H2,1H3,(H2,23,26). The fraction of sp³-hybridized carbons (Fsp3) is 0.136. The highest BCUT2D eigenvalue weighted by Gasteiger charge is 2.16. The van der Waals surface area contributed by atoms with Gasteiger partial charge in [-0.3, -0.25) is 14.2 Å². The number of carbonyl (C=O) groups is 1. The van der Waals surface area contributed by atoms with E-state index in [1.807, 2.05) is 67.6 Å². The first-order valence-corrected chi connectivity index (χ1v) is 9.80. The molecular formula is C22H19N3O2S. The zero-order valence-corrected chi connectivity index (χ0v) is 16.2. The molecule has 2 N–H and O–H groups in total. The number of aryl methyl sites for hydroxylation is 1. The van der Waals surface area contributed by atoms with Gasteiger partial charge in [0.2, 0.25) is 5.91 Å². The molecule has 2 aromatic heterocycles. The SMILES string of the molecule is Cc1ccc(-c2nc3sc(-c4ccccc4)cc3c(=O)n2CCC(N)=O)cc1. The maximum absolute atomic E-state index is 13.2. The van der Waals surface area contributed by atoms with Crippen LogP contribution < -0.4 is 11.3 Å². The van der Waals surface area contributed by atoms with Gasteiger partial charge in [0.25, 0.3) is 5.56 Å². The van der Waals surface area contributed by atoms with Gasteiger partial charge in [0.15, 0.2) is 0 Å². The Bertz CT molecular complexity index is 1210. The van der Waals surface area contributed by atoms with E-state index in [1.165, 1.54) is 11.3 Å². The van der Waals surface area contributed by atoms with Crippen LogP contribution in [0.1, 0.15) is 12.0 Å². The van der Waals surface area contributed by atoms with Gasteiger partial charge in [-0.1, -0.05) is 60.2 Å². The largest absolute Gasteiger partial charge is 0.370 e. The summed E-state index contributed by atoms with van der Waals surface area (Å²) in [6, 6.07) is 19.6. The van der Waals surface area contributed by atoms with Crippen molar-refractivity contribution in [2.24, 2.45) is 5.73 Å². The Morgan fingerprint density at radius 1 is 1.07 bits per heavy atom. The van der Waals surface area contributed by atoms with E-state index in [4.69, 9.17) is 10.7 Å². The number of rotatable bonds is 5. The van der Waals surface area contributed by atoms with Crippen molar-refractivity contribution >= 4 is 27.5 Å². The highest BCUT2D eigenvalue weighted by molar-refractivity contribution is 7.21. The lowest BCUT2D eigenvalue weighted by Crippen LogP contribution is -2.25. The summed E-state index contributed by atoms with van der Waals surface area (Å²) in [4.78, 5) is 31.0. The minimum atomic E-state index is -0.447. The quantitative estimate of drug-likeness (QED) is 0.561. The highest BCUT2D eigenvalue weighted by atomic mass is 32.1. The average molecular weight is 389 g/mol. The van der Waals surface area contributed by atoms with E-state index in [1.54, 1.807) is 4.57 Å². The minimum Gasteiger partial charge on any atom is -0.370 e. The summed E-state index contributed by atoms with van der Waals surface area (Å²) >= 11 is 1.49. The number of fused-ring (bicyclic) bond motifs is 1. The number of primary amides is 1. The molecule has 5 nitrogen and oxygen atoms in total. The fourth-order valence-corrected chi connectivity index (χ4v) is 4.14. The van der Waals surface area contributed by atoms with E-state index in [-0.39, 0.29) is 18.5 Å². The number of carbonyl (C=O) groups excluding carboxylic acids is 1. The summed E-state index contributed by atoms with van der Waals surface area (Å²) in [5.74, 6) is 0.109. The molecule has 2 heterocycles. The van der Waals surface area contributed by atoms with Crippen LogP contribution in [0, 0.1) is 6.92 Å². The predicted molar refractivity (Wildman–Crippen MR) is 113 cm³/mol. The Kier molecular flexibility index (Phi) is 4.79. The Labute approximate surface area is 166 Å².